The Morgan fingerprint density at radius 1 is 1.35 bits per heavy atom. The molecule has 1 aliphatic heterocycles. The largest absolute Gasteiger partial charge is 0.480 e. The highest BCUT2D eigenvalue weighted by Crippen LogP contribution is 2.24. The maximum absolute atomic E-state index is 11.9. The van der Waals surface area contributed by atoms with Crippen LogP contribution in [-0.2, 0) is 14.3 Å². The lowest BCUT2D eigenvalue weighted by atomic mass is 9.96. The Hall–Kier alpha value is -2.14. The van der Waals surface area contributed by atoms with Gasteiger partial charge in [0.05, 0.1) is 13.1 Å². The van der Waals surface area contributed by atoms with Gasteiger partial charge in [0, 0.05) is 6.08 Å². The highest BCUT2D eigenvalue weighted by atomic mass is 16.5. The standard InChI is InChI=1S/C15H17NO4/c1-15(20-9-14(18)19)10-16(11-15)13(17)8-7-12-5-3-2-4-6-12/h2-8H,9-11H2,1H3,(H,18,19)/b8-7+. The minimum absolute atomic E-state index is 0.0924. The van der Waals surface area contributed by atoms with Crippen molar-refractivity contribution >= 4 is 18.0 Å². The number of ether oxygens (including phenoxy) is 1. The van der Waals surface area contributed by atoms with Crippen LogP contribution in [0.2, 0.25) is 0 Å². The molecule has 1 aromatic rings. The average molecular weight is 275 g/mol. The van der Waals surface area contributed by atoms with E-state index < -0.39 is 11.6 Å². The molecular weight excluding hydrogens is 258 g/mol. The van der Waals surface area contributed by atoms with Gasteiger partial charge in [0.1, 0.15) is 12.2 Å². The van der Waals surface area contributed by atoms with E-state index in [9.17, 15) is 9.59 Å². The molecule has 20 heavy (non-hydrogen) atoms. The molecule has 0 aliphatic carbocycles. The van der Waals surface area contributed by atoms with Crippen molar-refractivity contribution < 1.29 is 19.4 Å². The first-order valence-electron chi connectivity index (χ1n) is 6.36. The topological polar surface area (TPSA) is 66.8 Å². The zero-order valence-corrected chi connectivity index (χ0v) is 11.3. The fourth-order valence-corrected chi connectivity index (χ4v) is 2.08. The number of aliphatic carboxylic acids is 1. The molecule has 1 heterocycles. The van der Waals surface area contributed by atoms with E-state index in [2.05, 4.69) is 0 Å². The van der Waals surface area contributed by atoms with Gasteiger partial charge in [-0.2, -0.15) is 0 Å². The van der Waals surface area contributed by atoms with Crippen LogP contribution >= 0.6 is 0 Å². The molecule has 0 aromatic heterocycles. The smallest absolute Gasteiger partial charge is 0.329 e. The molecule has 1 aliphatic rings. The van der Waals surface area contributed by atoms with E-state index in [1.807, 2.05) is 30.3 Å². The van der Waals surface area contributed by atoms with E-state index in [-0.39, 0.29) is 12.5 Å². The van der Waals surface area contributed by atoms with Crippen molar-refractivity contribution in [2.75, 3.05) is 19.7 Å². The molecule has 0 spiro atoms. The van der Waals surface area contributed by atoms with Gasteiger partial charge >= 0.3 is 5.97 Å². The second kappa shape index (κ2) is 5.88. The lowest BCUT2D eigenvalue weighted by Gasteiger charge is -2.46. The molecule has 5 nitrogen and oxygen atoms in total. The highest BCUT2D eigenvalue weighted by molar-refractivity contribution is 5.92. The number of carbonyl (C=O) groups excluding carboxylic acids is 1. The fourth-order valence-electron chi connectivity index (χ4n) is 2.08. The molecule has 0 bridgehead atoms. The zero-order chi connectivity index (χ0) is 14.6. The summed E-state index contributed by atoms with van der Waals surface area (Å²) in [5.74, 6) is -1.09. The minimum atomic E-state index is -1.00. The van der Waals surface area contributed by atoms with E-state index >= 15 is 0 Å². The van der Waals surface area contributed by atoms with E-state index in [0.717, 1.165) is 5.56 Å². The summed E-state index contributed by atoms with van der Waals surface area (Å²) in [6, 6.07) is 9.56. The fraction of sp³-hybridized carbons (Fsp3) is 0.333. The molecule has 1 N–H and O–H groups in total. The second-order valence-electron chi connectivity index (χ2n) is 5.07. The number of rotatable bonds is 5. The number of nitrogens with zero attached hydrogens (tertiary/aromatic N) is 1. The van der Waals surface area contributed by atoms with E-state index in [1.54, 1.807) is 17.9 Å². The summed E-state index contributed by atoms with van der Waals surface area (Å²) in [4.78, 5) is 24.0. The number of amides is 1. The van der Waals surface area contributed by atoms with Crippen molar-refractivity contribution in [2.45, 2.75) is 12.5 Å². The molecular formula is C15H17NO4. The predicted octanol–water partition coefficient (Wildman–Crippen LogP) is 1.40. The minimum Gasteiger partial charge on any atom is -0.480 e. The van der Waals surface area contributed by atoms with Crippen molar-refractivity contribution in [2.24, 2.45) is 0 Å². The summed E-state index contributed by atoms with van der Waals surface area (Å²) in [6.45, 7) is 2.30. The number of likely N-dealkylation sites (tertiary alicyclic amines) is 1. The van der Waals surface area contributed by atoms with Crippen LogP contribution in [0, 0.1) is 0 Å². The first kappa shape index (κ1) is 14.3. The molecule has 1 saturated heterocycles. The Morgan fingerprint density at radius 3 is 2.60 bits per heavy atom. The molecule has 0 unspecified atom stereocenters. The van der Waals surface area contributed by atoms with Crippen LogP contribution in [0.3, 0.4) is 0 Å². The van der Waals surface area contributed by atoms with Gasteiger partial charge in [0.2, 0.25) is 5.91 Å². The van der Waals surface area contributed by atoms with Gasteiger partial charge in [0.15, 0.2) is 0 Å². The predicted molar refractivity (Wildman–Crippen MR) is 74.0 cm³/mol. The molecule has 0 saturated carbocycles. The zero-order valence-electron chi connectivity index (χ0n) is 11.3. The number of carbonyl (C=O) groups is 2. The van der Waals surface area contributed by atoms with Crippen LogP contribution in [0.25, 0.3) is 6.08 Å². The number of hydrogen-bond donors (Lipinski definition) is 1. The van der Waals surface area contributed by atoms with Gasteiger partial charge < -0.3 is 14.7 Å². The van der Waals surface area contributed by atoms with Crippen molar-refractivity contribution in [3.63, 3.8) is 0 Å². The van der Waals surface area contributed by atoms with E-state index in [1.165, 1.54) is 6.08 Å². The molecule has 1 amide bonds. The normalized spacial score (nSPS) is 16.9. The van der Waals surface area contributed by atoms with Crippen LogP contribution in [0.1, 0.15) is 12.5 Å². The molecule has 2 rings (SSSR count). The Balaban J connectivity index is 1.82. The third-order valence-corrected chi connectivity index (χ3v) is 3.12. The number of benzene rings is 1. The second-order valence-corrected chi connectivity index (χ2v) is 5.07. The third-order valence-electron chi connectivity index (χ3n) is 3.12. The van der Waals surface area contributed by atoms with Crippen LogP contribution in [0.4, 0.5) is 0 Å². The maximum Gasteiger partial charge on any atom is 0.329 e. The summed E-state index contributed by atoms with van der Waals surface area (Å²) < 4.78 is 5.25. The Kier molecular flexibility index (Phi) is 4.20. The lowest BCUT2D eigenvalue weighted by Crippen LogP contribution is -2.63. The van der Waals surface area contributed by atoms with Crippen molar-refractivity contribution in [1.29, 1.82) is 0 Å². The molecule has 0 radical (unpaired) electrons. The number of carboxylic acids is 1. The van der Waals surface area contributed by atoms with Gasteiger partial charge in [-0.15, -0.1) is 0 Å². The van der Waals surface area contributed by atoms with Gasteiger partial charge in [-0.1, -0.05) is 30.3 Å². The summed E-state index contributed by atoms with van der Waals surface area (Å²) in [6.07, 6.45) is 3.28. The molecule has 106 valence electrons. The highest BCUT2D eigenvalue weighted by Gasteiger charge is 2.41. The Morgan fingerprint density at radius 2 is 2.00 bits per heavy atom. The van der Waals surface area contributed by atoms with Gasteiger partial charge in [-0.3, -0.25) is 4.79 Å². The number of carboxylic acid groups (broad SMARTS) is 1. The van der Waals surface area contributed by atoms with Crippen LogP contribution in [-0.4, -0.2) is 47.2 Å². The quantitative estimate of drug-likeness (QED) is 0.825. The van der Waals surface area contributed by atoms with E-state index in [0.29, 0.717) is 13.1 Å². The summed E-state index contributed by atoms with van der Waals surface area (Å²) in [5.41, 5.74) is 0.417. The molecule has 1 fully saturated rings. The molecule has 5 heteroatoms. The summed E-state index contributed by atoms with van der Waals surface area (Å²) in [5, 5.41) is 8.57. The summed E-state index contributed by atoms with van der Waals surface area (Å²) >= 11 is 0. The van der Waals surface area contributed by atoms with Gasteiger partial charge in [0.25, 0.3) is 0 Å². The van der Waals surface area contributed by atoms with Gasteiger partial charge in [-0.05, 0) is 18.6 Å². The lowest BCUT2D eigenvalue weighted by molar-refractivity contribution is -0.170. The van der Waals surface area contributed by atoms with Crippen molar-refractivity contribution in [3.05, 3.63) is 42.0 Å². The summed E-state index contributed by atoms with van der Waals surface area (Å²) in [7, 11) is 0. The Labute approximate surface area is 117 Å². The first-order valence-corrected chi connectivity index (χ1v) is 6.36. The van der Waals surface area contributed by atoms with Crippen LogP contribution < -0.4 is 0 Å². The SMILES string of the molecule is CC1(OCC(=O)O)CN(C(=O)/C=C/c2ccccc2)C1. The van der Waals surface area contributed by atoms with E-state index in [4.69, 9.17) is 9.84 Å². The van der Waals surface area contributed by atoms with Gasteiger partial charge in [-0.25, -0.2) is 4.79 Å². The van der Waals surface area contributed by atoms with Crippen LogP contribution in [0.15, 0.2) is 36.4 Å². The first-order chi connectivity index (χ1) is 9.48. The van der Waals surface area contributed by atoms with Crippen LogP contribution in [0.5, 0.6) is 0 Å². The Bertz CT molecular complexity index is 518. The monoisotopic (exact) mass is 275 g/mol. The van der Waals surface area contributed by atoms with Crippen molar-refractivity contribution in [3.8, 4) is 0 Å². The maximum atomic E-state index is 11.9. The molecule has 1 aromatic carbocycles. The third kappa shape index (κ3) is 3.68. The van der Waals surface area contributed by atoms with Crippen molar-refractivity contribution in [1.82, 2.24) is 4.90 Å². The molecule has 0 atom stereocenters. The number of hydrogen-bond acceptors (Lipinski definition) is 3. The average Bonchev–Trinajstić information content (AvgIpc) is 2.40.